The Morgan fingerprint density at radius 2 is 1.94 bits per heavy atom. The fourth-order valence-corrected chi connectivity index (χ4v) is 2.34. The summed E-state index contributed by atoms with van der Waals surface area (Å²) in [5.41, 5.74) is 1.38. The number of nitrogens with zero attached hydrogens (tertiary/aromatic N) is 3. The first-order valence-corrected chi connectivity index (χ1v) is 6.38. The third-order valence-corrected chi connectivity index (χ3v) is 3.12. The van der Waals surface area contributed by atoms with Crippen LogP contribution in [0.3, 0.4) is 0 Å². The standard InChI is InChI=1S/C12H21N3S/c1-10(11-6-7-16-9-11)8-13-12(14(2)3)15(4)5/h6-7,9-10H,8H2,1-5H3. The Balaban J connectivity index is 2.63. The first kappa shape index (κ1) is 13.0. The SMILES string of the molecule is CC(CN=C(N(C)C)N(C)C)c1ccsc1. The van der Waals surface area contributed by atoms with E-state index in [0.29, 0.717) is 5.92 Å². The quantitative estimate of drug-likeness (QED) is 0.595. The zero-order chi connectivity index (χ0) is 12.1. The van der Waals surface area contributed by atoms with Crippen LogP contribution in [-0.4, -0.2) is 50.5 Å². The molecule has 0 aliphatic rings. The van der Waals surface area contributed by atoms with E-state index in [-0.39, 0.29) is 0 Å². The Morgan fingerprint density at radius 3 is 2.38 bits per heavy atom. The van der Waals surface area contributed by atoms with Gasteiger partial charge in [0, 0.05) is 40.7 Å². The predicted molar refractivity (Wildman–Crippen MR) is 72.4 cm³/mol. The van der Waals surface area contributed by atoms with Crippen LogP contribution in [-0.2, 0) is 0 Å². The van der Waals surface area contributed by atoms with Crippen LogP contribution in [0.15, 0.2) is 21.8 Å². The summed E-state index contributed by atoms with van der Waals surface area (Å²) in [6, 6.07) is 2.18. The van der Waals surface area contributed by atoms with Gasteiger partial charge in [-0.3, -0.25) is 4.99 Å². The van der Waals surface area contributed by atoms with E-state index in [0.717, 1.165) is 12.5 Å². The molecule has 0 aliphatic heterocycles. The van der Waals surface area contributed by atoms with Crippen molar-refractivity contribution in [3.63, 3.8) is 0 Å². The molecule has 1 rings (SSSR count). The molecule has 0 radical (unpaired) electrons. The van der Waals surface area contributed by atoms with Gasteiger partial charge in [-0.05, 0) is 22.4 Å². The first-order valence-electron chi connectivity index (χ1n) is 5.43. The molecular weight excluding hydrogens is 218 g/mol. The second-order valence-corrected chi connectivity index (χ2v) is 5.17. The summed E-state index contributed by atoms with van der Waals surface area (Å²) in [5.74, 6) is 1.50. The minimum absolute atomic E-state index is 0.487. The van der Waals surface area contributed by atoms with Crippen molar-refractivity contribution in [2.75, 3.05) is 34.7 Å². The zero-order valence-electron chi connectivity index (χ0n) is 10.8. The number of rotatable bonds is 3. The van der Waals surface area contributed by atoms with Crippen molar-refractivity contribution in [3.05, 3.63) is 22.4 Å². The van der Waals surface area contributed by atoms with Crippen LogP contribution in [0.4, 0.5) is 0 Å². The molecule has 1 aromatic heterocycles. The molecular formula is C12H21N3S. The van der Waals surface area contributed by atoms with E-state index in [9.17, 15) is 0 Å². The van der Waals surface area contributed by atoms with Gasteiger partial charge in [-0.25, -0.2) is 0 Å². The van der Waals surface area contributed by atoms with Crippen molar-refractivity contribution in [2.24, 2.45) is 4.99 Å². The highest BCUT2D eigenvalue weighted by Gasteiger charge is 2.08. The Kier molecular flexibility index (Phi) is 4.80. The predicted octanol–water partition coefficient (Wildman–Crippen LogP) is 2.33. The second-order valence-electron chi connectivity index (χ2n) is 4.39. The average Bonchev–Trinajstić information content (AvgIpc) is 2.69. The Morgan fingerprint density at radius 1 is 1.31 bits per heavy atom. The summed E-state index contributed by atoms with van der Waals surface area (Å²) in [7, 11) is 8.09. The fraction of sp³-hybridized carbons (Fsp3) is 0.583. The molecule has 1 heterocycles. The van der Waals surface area contributed by atoms with Crippen LogP contribution < -0.4 is 0 Å². The number of aliphatic imine (C=N–C) groups is 1. The van der Waals surface area contributed by atoms with E-state index in [1.807, 2.05) is 38.0 Å². The third kappa shape index (κ3) is 3.52. The monoisotopic (exact) mass is 239 g/mol. The molecule has 90 valence electrons. The minimum Gasteiger partial charge on any atom is -0.349 e. The lowest BCUT2D eigenvalue weighted by atomic mass is 10.1. The zero-order valence-corrected chi connectivity index (χ0v) is 11.6. The van der Waals surface area contributed by atoms with Crippen LogP contribution in [0, 0.1) is 0 Å². The molecule has 1 atom stereocenters. The molecule has 0 N–H and O–H groups in total. The summed E-state index contributed by atoms with van der Waals surface area (Å²) in [4.78, 5) is 8.74. The third-order valence-electron chi connectivity index (χ3n) is 2.42. The van der Waals surface area contributed by atoms with Crippen LogP contribution in [0.25, 0.3) is 0 Å². The highest BCUT2D eigenvalue weighted by atomic mass is 32.1. The van der Waals surface area contributed by atoms with Crippen LogP contribution in [0.1, 0.15) is 18.4 Å². The van der Waals surface area contributed by atoms with Gasteiger partial charge in [0.05, 0.1) is 0 Å². The Hall–Kier alpha value is -1.03. The smallest absolute Gasteiger partial charge is 0.195 e. The van der Waals surface area contributed by atoms with Gasteiger partial charge < -0.3 is 9.80 Å². The van der Waals surface area contributed by atoms with Gasteiger partial charge in [0.15, 0.2) is 5.96 Å². The van der Waals surface area contributed by atoms with Gasteiger partial charge >= 0.3 is 0 Å². The summed E-state index contributed by atoms with van der Waals surface area (Å²) in [6.07, 6.45) is 0. The van der Waals surface area contributed by atoms with E-state index < -0.39 is 0 Å². The largest absolute Gasteiger partial charge is 0.349 e. The molecule has 1 aromatic rings. The topological polar surface area (TPSA) is 18.8 Å². The maximum absolute atomic E-state index is 4.65. The number of thiophene rings is 1. The number of hydrogen-bond acceptors (Lipinski definition) is 2. The maximum atomic E-state index is 4.65. The molecule has 0 fully saturated rings. The van der Waals surface area contributed by atoms with Crippen LogP contribution in [0.2, 0.25) is 0 Å². The van der Waals surface area contributed by atoms with Crippen LogP contribution in [0.5, 0.6) is 0 Å². The van der Waals surface area contributed by atoms with Crippen LogP contribution >= 0.6 is 11.3 Å². The van der Waals surface area contributed by atoms with E-state index >= 15 is 0 Å². The molecule has 3 nitrogen and oxygen atoms in total. The fourth-order valence-electron chi connectivity index (χ4n) is 1.56. The summed E-state index contributed by atoms with van der Waals surface area (Å²) in [6.45, 7) is 3.05. The average molecular weight is 239 g/mol. The normalized spacial score (nSPS) is 12.1. The molecule has 0 aliphatic carbocycles. The molecule has 0 bridgehead atoms. The molecule has 0 aromatic carbocycles. The molecule has 0 amide bonds. The number of guanidine groups is 1. The highest BCUT2D eigenvalue weighted by molar-refractivity contribution is 7.07. The van der Waals surface area contributed by atoms with Gasteiger partial charge in [-0.15, -0.1) is 0 Å². The van der Waals surface area contributed by atoms with Gasteiger partial charge in [0.1, 0.15) is 0 Å². The van der Waals surface area contributed by atoms with Crippen molar-refractivity contribution in [3.8, 4) is 0 Å². The van der Waals surface area contributed by atoms with E-state index in [1.165, 1.54) is 5.56 Å². The summed E-state index contributed by atoms with van der Waals surface area (Å²) in [5, 5.41) is 4.32. The lowest BCUT2D eigenvalue weighted by Crippen LogP contribution is -2.35. The minimum atomic E-state index is 0.487. The molecule has 0 spiro atoms. The second kappa shape index (κ2) is 5.89. The maximum Gasteiger partial charge on any atom is 0.195 e. The van der Waals surface area contributed by atoms with Gasteiger partial charge in [0.25, 0.3) is 0 Å². The Labute approximate surface area is 102 Å². The molecule has 4 heteroatoms. The summed E-state index contributed by atoms with van der Waals surface area (Å²) >= 11 is 1.75. The van der Waals surface area contributed by atoms with Gasteiger partial charge in [-0.1, -0.05) is 6.92 Å². The van der Waals surface area contributed by atoms with E-state index in [1.54, 1.807) is 11.3 Å². The molecule has 0 saturated heterocycles. The van der Waals surface area contributed by atoms with Crippen molar-refractivity contribution in [2.45, 2.75) is 12.8 Å². The molecule has 16 heavy (non-hydrogen) atoms. The van der Waals surface area contributed by atoms with Gasteiger partial charge in [-0.2, -0.15) is 11.3 Å². The van der Waals surface area contributed by atoms with Crippen molar-refractivity contribution >= 4 is 17.3 Å². The van der Waals surface area contributed by atoms with Gasteiger partial charge in [0.2, 0.25) is 0 Å². The number of hydrogen-bond donors (Lipinski definition) is 0. The van der Waals surface area contributed by atoms with E-state index in [4.69, 9.17) is 0 Å². The summed E-state index contributed by atoms with van der Waals surface area (Å²) < 4.78 is 0. The van der Waals surface area contributed by atoms with E-state index in [2.05, 4.69) is 28.7 Å². The Bertz CT molecular complexity index is 318. The molecule has 1 unspecified atom stereocenters. The van der Waals surface area contributed by atoms with Crippen molar-refractivity contribution in [1.82, 2.24) is 9.80 Å². The lowest BCUT2D eigenvalue weighted by molar-refractivity contribution is 0.478. The molecule has 0 saturated carbocycles. The first-order chi connectivity index (χ1) is 7.52. The van der Waals surface area contributed by atoms with Crippen molar-refractivity contribution in [1.29, 1.82) is 0 Å². The van der Waals surface area contributed by atoms with Crippen molar-refractivity contribution < 1.29 is 0 Å². The lowest BCUT2D eigenvalue weighted by Gasteiger charge is -2.23. The highest BCUT2D eigenvalue weighted by Crippen LogP contribution is 2.18.